The van der Waals surface area contributed by atoms with Crippen LogP contribution in [0.3, 0.4) is 0 Å². The molecule has 0 unspecified atom stereocenters. The number of ketones is 1. The zero-order chi connectivity index (χ0) is 12.8. The number of thioether (sulfide) groups is 1. The number of rotatable bonds is 6. The molecule has 0 bridgehead atoms. The molecule has 0 saturated heterocycles. The molecule has 6 heteroatoms. The summed E-state index contributed by atoms with van der Waals surface area (Å²) in [5, 5.41) is 0.490. The van der Waals surface area contributed by atoms with Crippen molar-refractivity contribution in [2.75, 3.05) is 11.6 Å². The number of hydrogen-bond acceptors (Lipinski definition) is 3. The van der Waals surface area contributed by atoms with Crippen molar-refractivity contribution in [1.29, 1.82) is 0 Å². The third-order valence-corrected chi connectivity index (χ3v) is 3.15. The molecule has 0 heterocycles. The Balaban J connectivity index is 3.06. The lowest BCUT2D eigenvalue weighted by Crippen LogP contribution is -2.08. The van der Waals surface area contributed by atoms with E-state index in [0.29, 0.717) is 5.33 Å². The van der Waals surface area contributed by atoms with Gasteiger partial charge in [-0.25, -0.2) is 0 Å². The van der Waals surface area contributed by atoms with Gasteiger partial charge in [-0.05, 0) is 24.5 Å². The van der Waals surface area contributed by atoms with Crippen molar-refractivity contribution in [3.8, 4) is 5.75 Å². The van der Waals surface area contributed by atoms with Gasteiger partial charge in [-0.2, -0.15) is 8.78 Å². The Bertz CT molecular complexity index is 399. The van der Waals surface area contributed by atoms with Crippen molar-refractivity contribution >= 4 is 33.5 Å². The Morgan fingerprint density at radius 3 is 2.76 bits per heavy atom. The summed E-state index contributed by atoms with van der Waals surface area (Å²) in [5.41, 5.74) is 0.205. The maximum absolute atomic E-state index is 12.2. The highest BCUT2D eigenvalue weighted by atomic mass is 79.9. The molecule has 0 aliphatic heterocycles. The van der Waals surface area contributed by atoms with E-state index in [1.165, 1.54) is 17.8 Å². The van der Waals surface area contributed by atoms with Crippen molar-refractivity contribution in [2.45, 2.75) is 17.9 Å². The monoisotopic (exact) mass is 324 g/mol. The van der Waals surface area contributed by atoms with E-state index in [9.17, 15) is 13.6 Å². The molecule has 1 aromatic rings. The number of benzene rings is 1. The van der Waals surface area contributed by atoms with Gasteiger partial charge in [0.05, 0.1) is 5.56 Å². The van der Waals surface area contributed by atoms with Crippen LogP contribution in [0.4, 0.5) is 8.78 Å². The minimum atomic E-state index is -2.93. The van der Waals surface area contributed by atoms with Gasteiger partial charge in [-0.1, -0.05) is 15.9 Å². The summed E-state index contributed by atoms with van der Waals surface area (Å²) in [4.78, 5) is 12.6. The van der Waals surface area contributed by atoms with Gasteiger partial charge < -0.3 is 4.74 Å². The van der Waals surface area contributed by atoms with Crippen LogP contribution in [0.2, 0.25) is 0 Å². The van der Waals surface area contributed by atoms with E-state index >= 15 is 0 Å². The lowest BCUT2D eigenvalue weighted by atomic mass is 10.1. The van der Waals surface area contributed by atoms with E-state index in [-0.39, 0.29) is 23.5 Å². The van der Waals surface area contributed by atoms with Gasteiger partial charge in [0.2, 0.25) is 0 Å². The lowest BCUT2D eigenvalue weighted by Gasteiger charge is -2.10. The normalized spacial score (nSPS) is 10.6. The fraction of sp³-hybridized carbons (Fsp3) is 0.364. The van der Waals surface area contributed by atoms with Gasteiger partial charge in [-0.15, -0.1) is 11.8 Å². The lowest BCUT2D eigenvalue weighted by molar-refractivity contribution is -0.0501. The van der Waals surface area contributed by atoms with E-state index < -0.39 is 6.61 Å². The van der Waals surface area contributed by atoms with Crippen LogP contribution in [0.25, 0.3) is 0 Å². The molecule has 17 heavy (non-hydrogen) atoms. The van der Waals surface area contributed by atoms with Gasteiger partial charge in [0.15, 0.2) is 5.78 Å². The highest BCUT2D eigenvalue weighted by molar-refractivity contribution is 9.09. The highest BCUT2D eigenvalue weighted by Crippen LogP contribution is 2.27. The average Bonchev–Trinajstić information content (AvgIpc) is 2.29. The molecular weight excluding hydrogens is 314 g/mol. The Morgan fingerprint density at radius 2 is 2.24 bits per heavy atom. The third-order valence-electron chi connectivity index (χ3n) is 2.02. The van der Waals surface area contributed by atoms with Crippen LogP contribution in [0, 0.1) is 0 Å². The molecule has 0 aliphatic carbocycles. The van der Waals surface area contributed by atoms with Gasteiger partial charge in [0.1, 0.15) is 5.75 Å². The standard InChI is InChI=1S/C11H11BrF2O2S/c1-17-7-2-3-10(16-11(13)14)8(6-7)9(15)4-5-12/h2-3,6,11H,4-5H2,1H3. The summed E-state index contributed by atoms with van der Waals surface area (Å²) in [6.45, 7) is -2.93. The molecule has 0 aliphatic rings. The minimum Gasteiger partial charge on any atom is -0.434 e. The Hall–Kier alpha value is -0.620. The molecule has 2 nitrogen and oxygen atoms in total. The molecule has 0 aromatic heterocycles. The van der Waals surface area contributed by atoms with Crippen molar-refractivity contribution in [2.24, 2.45) is 0 Å². The van der Waals surface area contributed by atoms with Gasteiger partial charge in [0.25, 0.3) is 0 Å². The summed E-state index contributed by atoms with van der Waals surface area (Å²) < 4.78 is 28.7. The number of halogens is 3. The first-order chi connectivity index (χ1) is 8.08. The van der Waals surface area contributed by atoms with E-state index in [0.717, 1.165) is 4.90 Å². The summed E-state index contributed by atoms with van der Waals surface area (Å²) >= 11 is 4.58. The average molecular weight is 325 g/mol. The van der Waals surface area contributed by atoms with E-state index in [4.69, 9.17) is 0 Å². The number of ether oxygens (including phenoxy) is 1. The first kappa shape index (κ1) is 14.4. The predicted octanol–water partition coefficient (Wildman–Crippen LogP) is 3.98. The van der Waals surface area contributed by atoms with E-state index in [1.807, 2.05) is 6.26 Å². The molecule has 0 N–H and O–H groups in total. The van der Waals surface area contributed by atoms with Crippen LogP contribution >= 0.6 is 27.7 Å². The Kier molecular flexibility index (Phi) is 5.91. The van der Waals surface area contributed by atoms with Crippen LogP contribution in [0.15, 0.2) is 23.1 Å². The highest BCUT2D eigenvalue weighted by Gasteiger charge is 2.15. The Morgan fingerprint density at radius 1 is 1.53 bits per heavy atom. The molecule has 1 rings (SSSR count). The fourth-order valence-corrected chi connectivity index (χ4v) is 2.07. The maximum Gasteiger partial charge on any atom is 0.387 e. The van der Waals surface area contributed by atoms with Crippen LogP contribution < -0.4 is 4.74 Å². The van der Waals surface area contributed by atoms with Crippen molar-refractivity contribution in [1.82, 2.24) is 0 Å². The first-order valence-corrected chi connectivity index (χ1v) is 7.15. The van der Waals surface area contributed by atoms with Crippen LogP contribution in [-0.2, 0) is 0 Å². The second kappa shape index (κ2) is 6.96. The third kappa shape index (κ3) is 4.27. The van der Waals surface area contributed by atoms with Gasteiger partial charge in [-0.3, -0.25) is 4.79 Å². The smallest absolute Gasteiger partial charge is 0.387 e. The molecule has 0 atom stereocenters. The topological polar surface area (TPSA) is 26.3 Å². The molecule has 94 valence electrons. The van der Waals surface area contributed by atoms with Crippen molar-refractivity contribution < 1.29 is 18.3 Å². The number of alkyl halides is 3. The van der Waals surface area contributed by atoms with E-state index in [2.05, 4.69) is 20.7 Å². The molecule has 0 fully saturated rings. The predicted molar refractivity (Wildman–Crippen MR) is 67.6 cm³/mol. The molecule has 0 saturated carbocycles. The molecule has 0 radical (unpaired) electrons. The van der Waals surface area contributed by atoms with E-state index in [1.54, 1.807) is 12.1 Å². The second-order valence-corrected chi connectivity index (χ2v) is 4.78. The van der Waals surface area contributed by atoms with Crippen LogP contribution in [-0.4, -0.2) is 24.0 Å². The summed E-state index contributed by atoms with van der Waals surface area (Å²) in [6, 6.07) is 4.63. The molecular formula is C11H11BrF2O2S. The first-order valence-electron chi connectivity index (χ1n) is 4.80. The molecule has 1 aromatic carbocycles. The SMILES string of the molecule is CSc1ccc(OC(F)F)c(C(=O)CCBr)c1. The number of hydrogen-bond donors (Lipinski definition) is 0. The number of carbonyl (C=O) groups excluding carboxylic acids is 1. The number of Topliss-reactive ketones (excluding diaryl/α,β-unsaturated/α-hetero) is 1. The van der Waals surface area contributed by atoms with Gasteiger partial charge >= 0.3 is 6.61 Å². The fourth-order valence-electron chi connectivity index (χ4n) is 1.27. The van der Waals surface area contributed by atoms with Crippen LogP contribution in [0.5, 0.6) is 5.75 Å². The maximum atomic E-state index is 12.2. The minimum absolute atomic E-state index is 0.0660. The second-order valence-electron chi connectivity index (χ2n) is 3.10. The van der Waals surface area contributed by atoms with Crippen LogP contribution in [0.1, 0.15) is 16.8 Å². The zero-order valence-corrected chi connectivity index (χ0v) is 11.5. The Labute approximate surface area is 111 Å². The quantitative estimate of drug-likeness (QED) is 0.450. The summed E-state index contributed by atoms with van der Waals surface area (Å²) in [6.07, 6.45) is 2.10. The van der Waals surface area contributed by atoms with Crippen molar-refractivity contribution in [3.63, 3.8) is 0 Å². The van der Waals surface area contributed by atoms with Crippen molar-refractivity contribution in [3.05, 3.63) is 23.8 Å². The van der Waals surface area contributed by atoms with Gasteiger partial charge in [0, 0.05) is 16.6 Å². The largest absolute Gasteiger partial charge is 0.434 e. The summed E-state index contributed by atoms with van der Waals surface area (Å²) in [5.74, 6) is -0.280. The zero-order valence-electron chi connectivity index (χ0n) is 9.08. The summed E-state index contributed by atoms with van der Waals surface area (Å²) in [7, 11) is 0. The molecule has 0 spiro atoms. The molecule has 0 amide bonds. The number of carbonyl (C=O) groups is 1.